The predicted octanol–water partition coefficient (Wildman–Crippen LogP) is 3.07. The summed E-state index contributed by atoms with van der Waals surface area (Å²) in [6.45, 7) is 0.346. The Morgan fingerprint density at radius 3 is 2.62 bits per heavy atom. The SMILES string of the molecule is O=C(CCC1CCCCC1)NCC(O)Cc1ccccc1. The monoisotopic (exact) mass is 289 g/mol. The summed E-state index contributed by atoms with van der Waals surface area (Å²) in [5.74, 6) is 0.812. The number of nitrogens with one attached hydrogen (secondary N) is 1. The van der Waals surface area contributed by atoms with Crippen LogP contribution in [0.1, 0.15) is 50.5 Å². The number of rotatable bonds is 7. The molecule has 1 atom stereocenters. The Bertz CT molecular complexity index is 412. The number of hydrogen-bond donors (Lipinski definition) is 2. The first-order valence-electron chi connectivity index (χ1n) is 8.22. The molecule has 0 saturated heterocycles. The molecule has 2 rings (SSSR count). The van der Waals surface area contributed by atoms with Gasteiger partial charge in [0.2, 0.25) is 5.91 Å². The molecule has 1 aliphatic rings. The van der Waals surface area contributed by atoms with Gasteiger partial charge < -0.3 is 10.4 Å². The van der Waals surface area contributed by atoms with Gasteiger partial charge in [-0.15, -0.1) is 0 Å². The first-order chi connectivity index (χ1) is 10.2. The molecule has 1 unspecified atom stereocenters. The number of carbonyl (C=O) groups is 1. The van der Waals surface area contributed by atoms with Gasteiger partial charge in [-0.25, -0.2) is 0 Å². The van der Waals surface area contributed by atoms with Crippen LogP contribution < -0.4 is 5.32 Å². The standard InChI is InChI=1S/C18H27NO2/c20-17(13-16-9-5-2-6-10-16)14-19-18(21)12-11-15-7-3-1-4-8-15/h2,5-6,9-10,15,17,20H,1,3-4,7-8,11-14H2,(H,19,21). The molecular formula is C18H27NO2. The van der Waals surface area contributed by atoms with Gasteiger partial charge >= 0.3 is 0 Å². The number of amides is 1. The molecule has 0 aliphatic heterocycles. The van der Waals surface area contributed by atoms with Crippen LogP contribution in [0.3, 0.4) is 0 Å². The van der Waals surface area contributed by atoms with Crippen LogP contribution in [-0.4, -0.2) is 23.7 Å². The first kappa shape index (κ1) is 16.0. The van der Waals surface area contributed by atoms with Gasteiger partial charge in [-0.05, 0) is 17.9 Å². The van der Waals surface area contributed by atoms with E-state index in [-0.39, 0.29) is 5.91 Å². The Morgan fingerprint density at radius 1 is 1.19 bits per heavy atom. The summed E-state index contributed by atoms with van der Waals surface area (Å²) in [7, 11) is 0. The van der Waals surface area contributed by atoms with E-state index in [1.165, 1.54) is 32.1 Å². The average molecular weight is 289 g/mol. The molecule has 1 fully saturated rings. The molecule has 1 aromatic rings. The third kappa shape index (κ3) is 6.30. The highest BCUT2D eigenvalue weighted by molar-refractivity contribution is 5.75. The summed E-state index contributed by atoms with van der Waals surface area (Å²) in [6.07, 6.45) is 8.24. The molecule has 3 nitrogen and oxygen atoms in total. The molecule has 1 saturated carbocycles. The zero-order valence-corrected chi connectivity index (χ0v) is 12.8. The quantitative estimate of drug-likeness (QED) is 0.810. The van der Waals surface area contributed by atoms with Gasteiger partial charge in [0.1, 0.15) is 0 Å². The molecule has 0 heterocycles. The highest BCUT2D eigenvalue weighted by Crippen LogP contribution is 2.27. The molecule has 0 spiro atoms. The molecule has 1 aliphatic carbocycles. The Morgan fingerprint density at radius 2 is 1.90 bits per heavy atom. The van der Waals surface area contributed by atoms with E-state index in [0.717, 1.165) is 17.9 Å². The van der Waals surface area contributed by atoms with Crippen LogP contribution in [0.4, 0.5) is 0 Å². The van der Waals surface area contributed by atoms with E-state index < -0.39 is 6.10 Å². The van der Waals surface area contributed by atoms with Crippen molar-refractivity contribution in [3.8, 4) is 0 Å². The van der Waals surface area contributed by atoms with Gasteiger partial charge in [-0.3, -0.25) is 4.79 Å². The smallest absolute Gasteiger partial charge is 0.220 e. The number of aliphatic hydroxyl groups is 1. The Hall–Kier alpha value is -1.35. The molecule has 21 heavy (non-hydrogen) atoms. The fraction of sp³-hybridized carbons (Fsp3) is 0.611. The van der Waals surface area contributed by atoms with Crippen molar-refractivity contribution in [3.63, 3.8) is 0 Å². The van der Waals surface area contributed by atoms with Crippen LogP contribution in [0.2, 0.25) is 0 Å². The molecule has 0 aromatic heterocycles. The fourth-order valence-electron chi connectivity index (χ4n) is 3.09. The minimum atomic E-state index is -0.508. The zero-order valence-electron chi connectivity index (χ0n) is 12.8. The average Bonchev–Trinajstić information content (AvgIpc) is 2.53. The fourth-order valence-corrected chi connectivity index (χ4v) is 3.09. The maximum atomic E-state index is 11.8. The molecule has 116 valence electrons. The maximum absolute atomic E-state index is 11.8. The highest BCUT2D eigenvalue weighted by Gasteiger charge is 2.15. The second kappa shape index (κ2) is 8.83. The lowest BCUT2D eigenvalue weighted by Gasteiger charge is -2.21. The van der Waals surface area contributed by atoms with E-state index in [1.54, 1.807) is 0 Å². The normalized spacial score (nSPS) is 17.4. The third-order valence-electron chi connectivity index (χ3n) is 4.35. The highest BCUT2D eigenvalue weighted by atomic mass is 16.3. The second-order valence-corrected chi connectivity index (χ2v) is 6.19. The molecule has 2 N–H and O–H groups in total. The summed E-state index contributed by atoms with van der Waals surface area (Å²) < 4.78 is 0. The summed E-state index contributed by atoms with van der Waals surface area (Å²) >= 11 is 0. The lowest BCUT2D eigenvalue weighted by Crippen LogP contribution is -2.33. The number of carbonyl (C=O) groups excluding carboxylic acids is 1. The van der Waals surface area contributed by atoms with Crippen molar-refractivity contribution in [3.05, 3.63) is 35.9 Å². The largest absolute Gasteiger partial charge is 0.391 e. The van der Waals surface area contributed by atoms with Crippen molar-refractivity contribution in [2.24, 2.45) is 5.92 Å². The summed E-state index contributed by atoms with van der Waals surface area (Å²) in [6, 6.07) is 9.88. The van der Waals surface area contributed by atoms with E-state index in [4.69, 9.17) is 0 Å². The Balaban J connectivity index is 1.59. The van der Waals surface area contributed by atoms with Crippen molar-refractivity contribution < 1.29 is 9.90 Å². The lowest BCUT2D eigenvalue weighted by atomic mass is 9.86. The van der Waals surface area contributed by atoms with Crippen molar-refractivity contribution in [1.82, 2.24) is 5.32 Å². The Kier molecular flexibility index (Phi) is 6.74. The molecule has 1 aromatic carbocycles. The van der Waals surface area contributed by atoms with E-state index in [9.17, 15) is 9.90 Å². The zero-order chi connectivity index (χ0) is 14.9. The van der Waals surface area contributed by atoms with Crippen molar-refractivity contribution >= 4 is 5.91 Å². The van der Waals surface area contributed by atoms with E-state index in [2.05, 4.69) is 5.32 Å². The summed E-state index contributed by atoms with van der Waals surface area (Å²) in [4.78, 5) is 11.8. The summed E-state index contributed by atoms with van der Waals surface area (Å²) in [5, 5.41) is 12.8. The van der Waals surface area contributed by atoms with Crippen molar-refractivity contribution in [2.75, 3.05) is 6.54 Å². The minimum absolute atomic E-state index is 0.0766. The molecule has 0 bridgehead atoms. The molecular weight excluding hydrogens is 262 g/mol. The van der Waals surface area contributed by atoms with E-state index in [1.807, 2.05) is 30.3 Å². The van der Waals surface area contributed by atoms with E-state index in [0.29, 0.717) is 19.4 Å². The van der Waals surface area contributed by atoms with Crippen LogP contribution in [0.25, 0.3) is 0 Å². The van der Waals surface area contributed by atoms with Crippen molar-refractivity contribution in [1.29, 1.82) is 0 Å². The van der Waals surface area contributed by atoms with Crippen LogP contribution in [0, 0.1) is 5.92 Å². The van der Waals surface area contributed by atoms with Gasteiger partial charge in [0.15, 0.2) is 0 Å². The number of hydrogen-bond acceptors (Lipinski definition) is 2. The third-order valence-corrected chi connectivity index (χ3v) is 4.35. The van der Waals surface area contributed by atoms with Gasteiger partial charge in [-0.1, -0.05) is 62.4 Å². The van der Waals surface area contributed by atoms with Crippen LogP contribution in [0.5, 0.6) is 0 Å². The number of aliphatic hydroxyl groups excluding tert-OH is 1. The predicted molar refractivity (Wildman–Crippen MR) is 85.0 cm³/mol. The van der Waals surface area contributed by atoms with Crippen LogP contribution >= 0.6 is 0 Å². The van der Waals surface area contributed by atoms with Crippen LogP contribution in [-0.2, 0) is 11.2 Å². The first-order valence-corrected chi connectivity index (χ1v) is 8.22. The van der Waals surface area contributed by atoms with Gasteiger partial charge in [-0.2, -0.15) is 0 Å². The minimum Gasteiger partial charge on any atom is -0.391 e. The maximum Gasteiger partial charge on any atom is 0.220 e. The van der Waals surface area contributed by atoms with Crippen LogP contribution in [0.15, 0.2) is 30.3 Å². The molecule has 1 amide bonds. The van der Waals surface area contributed by atoms with Crippen molar-refractivity contribution in [2.45, 2.75) is 57.5 Å². The lowest BCUT2D eigenvalue weighted by molar-refractivity contribution is -0.121. The molecule has 3 heteroatoms. The molecule has 0 radical (unpaired) electrons. The van der Waals surface area contributed by atoms with Gasteiger partial charge in [0.25, 0.3) is 0 Å². The van der Waals surface area contributed by atoms with Gasteiger partial charge in [0, 0.05) is 19.4 Å². The second-order valence-electron chi connectivity index (χ2n) is 6.19. The van der Waals surface area contributed by atoms with E-state index >= 15 is 0 Å². The topological polar surface area (TPSA) is 49.3 Å². The Labute approximate surface area is 127 Å². The number of benzene rings is 1. The summed E-state index contributed by atoms with van der Waals surface area (Å²) in [5.41, 5.74) is 1.10. The van der Waals surface area contributed by atoms with Gasteiger partial charge in [0.05, 0.1) is 6.10 Å².